The highest BCUT2D eigenvalue weighted by molar-refractivity contribution is 5.94. The zero-order chi connectivity index (χ0) is 13.8. The van der Waals surface area contributed by atoms with Crippen LogP contribution in [0, 0.1) is 0 Å². The number of carbonyl (C=O) groups is 1. The lowest BCUT2D eigenvalue weighted by molar-refractivity contribution is -0.121. The fourth-order valence-corrected chi connectivity index (χ4v) is 2.56. The molecule has 5 nitrogen and oxygen atoms in total. The highest BCUT2D eigenvalue weighted by Gasteiger charge is 2.28. The number of nitrogens with two attached hydrogens (primary N) is 1. The highest BCUT2D eigenvalue weighted by Crippen LogP contribution is 2.23. The smallest absolute Gasteiger partial charge is 0.228 e. The molecule has 104 valence electrons. The van der Waals surface area contributed by atoms with Gasteiger partial charge in [-0.15, -0.1) is 0 Å². The third kappa shape index (κ3) is 3.23. The van der Waals surface area contributed by atoms with Gasteiger partial charge in [-0.3, -0.25) is 4.79 Å². The SMILES string of the molecule is CCCN(C)C1CCN(c2ccc(N)nc2)C(=O)C1. The summed E-state index contributed by atoms with van der Waals surface area (Å²) in [5.74, 6) is 0.652. The van der Waals surface area contributed by atoms with Crippen LogP contribution in [0.1, 0.15) is 26.2 Å². The molecule has 5 heteroatoms. The van der Waals surface area contributed by atoms with Gasteiger partial charge in [-0.05, 0) is 38.6 Å². The van der Waals surface area contributed by atoms with E-state index < -0.39 is 0 Å². The van der Waals surface area contributed by atoms with Gasteiger partial charge in [0.05, 0.1) is 11.9 Å². The van der Waals surface area contributed by atoms with Crippen LogP contribution in [0.2, 0.25) is 0 Å². The van der Waals surface area contributed by atoms with E-state index in [1.54, 1.807) is 12.3 Å². The third-order valence-electron chi connectivity index (χ3n) is 3.68. The maximum Gasteiger partial charge on any atom is 0.228 e. The van der Waals surface area contributed by atoms with Crippen LogP contribution in [0.25, 0.3) is 0 Å². The Kier molecular flexibility index (Phi) is 4.37. The second kappa shape index (κ2) is 6.02. The van der Waals surface area contributed by atoms with Crippen molar-refractivity contribution >= 4 is 17.4 Å². The number of rotatable bonds is 4. The molecule has 1 amide bonds. The van der Waals surface area contributed by atoms with E-state index in [4.69, 9.17) is 5.73 Å². The predicted molar refractivity (Wildman–Crippen MR) is 76.9 cm³/mol. The molecule has 1 aromatic heterocycles. The summed E-state index contributed by atoms with van der Waals surface area (Å²) in [4.78, 5) is 20.4. The van der Waals surface area contributed by atoms with Crippen molar-refractivity contribution in [1.29, 1.82) is 0 Å². The lowest BCUT2D eigenvalue weighted by Gasteiger charge is -2.36. The van der Waals surface area contributed by atoms with Gasteiger partial charge in [0.1, 0.15) is 5.82 Å². The van der Waals surface area contributed by atoms with Gasteiger partial charge < -0.3 is 15.5 Å². The summed E-state index contributed by atoms with van der Waals surface area (Å²) in [5, 5.41) is 0. The van der Waals surface area contributed by atoms with Gasteiger partial charge in [0.15, 0.2) is 0 Å². The van der Waals surface area contributed by atoms with Crippen molar-refractivity contribution in [3.05, 3.63) is 18.3 Å². The Balaban J connectivity index is 2.01. The second-order valence-corrected chi connectivity index (χ2v) is 5.11. The molecule has 1 fully saturated rings. The molecule has 0 aliphatic carbocycles. The summed E-state index contributed by atoms with van der Waals surface area (Å²) >= 11 is 0. The molecule has 1 aliphatic heterocycles. The predicted octanol–water partition coefficient (Wildman–Crippen LogP) is 1.50. The van der Waals surface area contributed by atoms with E-state index in [1.807, 2.05) is 11.0 Å². The number of nitrogens with zero attached hydrogens (tertiary/aromatic N) is 3. The zero-order valence-electron chi connectivity index (χ0n) is 11.7. The third-order valence-corrected chi connectivity index (χ3v) is 3.68. The van der Waals surface area contributed by atoms with Crippen molar-refractivity contribution in [1.82, 2.24) is 9.88 Å². The van der Waals surface area contributed by atoms with Gasteiger partial charge in [0.2, 0.25) is 5.91 Å². The summed E-state index contributed by atoms with van der Waals surface area (Å²) in [5.41, 5.74) is 6.41. The average Bonchev–Trinajstić information content (AvgIpc) is 2.40. The summed E-state index contributed by atoms with van der Waals surface area (Å²) in [7, 11) is 2.10. The summed E-state index contributed by atoms with van der Waals surface area (Å²) < 4.78 is 0. The molecule has 1 aromatic rings. The fraction of sp³-hybridized carbons (Fsp3) is 0.571. The van der Waals surface area contributed by atoms with Crippen LogP contribution < -0.4 is 10.6 Å². The normalized spacial score (nSPS) is 20.1. The summed E-state index contributed by atoms with van der Waals surface area (Å²) in [6.07, 6.45) is 4.38. The largest absolute Gasteiger partial charge is 0.384 e. The molecule has 2 N–H and O–H groups in total. The van der Waals surface area contributed by atoms with Crippen LogP contribution in [0.4, 0.5) is 11.5 Å². The molecule has 1 atom stereocenters. The Morgan fingerprint density at radius 2 is 2.32 bits per heavy atom. The maximum atomic E-state index is 12.2. The first-order chi connectivity index (χ1) is 9.11. The number of hydrogen-bond donors (Lipinski definition) is 1. The number of carbonyl (C=O) groups excluding carboxylic acids is 1. The topological polar surface area (TPSA) is 62.5 Å². The molecular weight excluding hydrogens is 240 g/mol. The van der Waals surface area contributed by atoms with Crippen molar-refractivity contribution in [2.75, 3.05) is 30.8 Å². The van der Waals surface area contributed by atoms with Crippen molar-refractivity contribution in [3.8, 4) is 0 Å². The first-order valence-corrected chi connectivity index (χ1v) is 6.84. The molecule has 19 heavy (non-hydrogen) atoms. The first kappa shape index (κ1) is 13.8. The molecule has 1 saturated heterocycles. The molecule has 0 spiro atoms. The number of piperidine rings is 1. The Morgan fingerprint density at radius 3 is 2.89 bits per heavy atom. The molecular formula is C14H22N4O. The van der Waals surface area contributed by atoms with Crippen LogP contribution in [-0.2, 0) is 4.79 Å². The molecule has 0 radical (unpaired) electrons. The standard InChI is InChI=1S/C14H22N4O/c1-3-7-17(2)11-6-8-18(14(19)9-11)12-4-5-13(15)16-10-12/h4-5,10-11H,3,6-9H2,1-2H3,(H2,15,16). The zero-order valence-corrected chi connectivity index (χ0v) is 11.7. The van der Waals surface area contributed by atoms with Gasteiger partial charge in [0, 0.05) is 19.0 Å². The number of amides is 1. The van der Waals surface area contributed by atoms with Crippen molar-refractivity contribution < 1.29 is 4.79 Å². The average molecular weight is 262 g/mol. The number of hydrogen-bond acceptors (Lipinski definition) is 4. The van der Waals surface area contributed by atoms with Crippen LogP contribution in [0.3, 0.4) is 0 Å². The number of nitrogen functional groups attached to an aromatic ring is 1. The van der Waals surface area contributed by atoms with Crippen molar-refractivity contribution in [3.63, 3.8) is 0 Å². The van der Waals surface area contributed by atoms with E-state index in [9.17, 15) is 4.79 Å². The van der Waals surface area contributed by atoms with Crippen LogP contribution in [0.5, 0.6) is 0 Å². The number of aromatic nitrogens is 1. The molecule has 0 aromatic carbocycles. The van der Waals surface area contributed by atoms with E-state index in [-0.39, 0.29) is 5.91 Å². The van der Waals surface area contributed by atoms with Gasteiger partial charge >= 0.3 is 0 Å². The Bertz CT molecular complexity index is 432. The first-order valence-electron chi connectivity index (χ1n) is 6.84. The quantitative estimate of drug-likeness (QED) is 0.893. The lowest BCUT2D eigenvalue weighted by atomic mass is 10.0. The van der Waals surface area contributed by atoms with E-state index >= 15 is 0 Å². The Labute approximate surface area is 114 Å². The molecule has 0 bridgehead atoms. The molecule has 1 unspecified atom stereocenters. The highest BCUT2D eigenvalue weighted by atomic mass is 16.2. The van der Waals surface area contributed by atoms with Gasteiger partial charge in [0.25, 0.3) is 0 Å². The van der Waals surface area contributed by atoms with Crippen molar-refractivity contribution in [2.45, 2.75) is 32.2 Å². The minimum atomic E-state index is 0.172. The fourth-order valence-electron chi connectivity index (χ4n) is 2.56. The van der Waals surface area contributed by atoms with Crippen LogP contribution >= 0.6 is 0 Å². The minimum Gasteiger partial charge on any atom is -0.384 e. The maximum absolute atomic E-state index is 12.2. The Hall–Kier alpha value is -1.62. The molecule has 2 heterocycles. The van der Waals surface area contributed by atoms with E-state index in [0.717, 1.165) is 31.6 Å². The van der Waals surface area contributed by atoms with Gasteiger partial charge in [-0.1, -0.05) is 6.92 Å². The number of anilines is 2. The lowest BCUT2D eigenvalue weighted by Crippen LogP contribution is -2.47. The van der Waals surface area contributed by atoms with Gasteiger partial charge in [-0.2, -0.15) is 0 Å². The molecule has 0 saturated carbocycles. The summed E-state index contributed by atoms with van der Waals surface area (Å²) in [6.45, 7) is 3.96. The number of pyridine rings is 1. The van der Waals surface area contributed by atoms with E-state index in [2.05, 4.69) is 23.9 Å². The van der Waals surface area contributed by atoms with Crippen LogP contribution in [-0.4, -0.2) is 42.0 Å². The monoisotopic (exact) mass is 262 g/mol. The van der Waals surface area contributed by atoms with Gasteiger partial charge in [-0.25, -0.2) is 4.98 Å². The van der Waals surface area contributed by atoms with Crippen LogP contribution in [0.15, 0.2) is 18.3 Å². The second-order valence-electron chi connectivity index (χ2n) is 5.11. The van der Waals surface area contributed by atoms with Crippen molar-refractivity contribution in [2.24, 2.45) is 0 Å². The minimum absolute atomic E-state index is 0.172. The molecule has 1 aliphatic rings. The van der Waals surface area contributed by atoms with E-state index in [0.29, 0.717) is 18.3 Å². The van der Waals surface area contributed by atoms with E-state index in [1.165, 1.54) is 0 Å². The molecule has 2 rings (SSSR count). The Morgan fingerprint density at radius 1 is 1.53 bits per heavy atom. The summed E-state index contributed by atoms with van der Waals surface area (Å²) in [6, 6.07) is 3.96.